The lowest BCUT2D eigenvalue weighted by Gasteiger charge is -1.65. The second kappa shape index (κ2) is 7.63. The summed E-state index contributed by atoms with van der Waals surface area (Å²) in [5.74, 6) is 0. The molecule has 0 saturated carbocycles. The molecule has 0 atom stereocenters. The highest BCUT2D eigenvalue weighted by atomic mass is 32.1. The number of aromatic nitrogens is 1. The standard InChI is InChI=1S/C4H5NS.C2H6.CH4/c1-4-5-2-3-6-4;1-2;/h2-3H,1H3;1-2H3;1H4. The van der Waals surface area contributed by atoms with Crippen molar-refractivity contribution in [2.45, 2.75) is 28.2 Å². The van der Waals surface area contributed by atoms with E-state index in [9.17, 15) is 0 Å². The van der Waals surface area contributed by atoms with E-state index in [0.29, 0.717) is 0 Å². The topological polar surface area (TPSA) is 12.9 Å². The van der Waals surface area contributed by atoms with Crippen molar-refractivity contribution in [1.82, 2.24) is 4.98 Å². The molecule has 0 amide bonds. The van der Waals surface area contributed by atoms with Crippen molar-refractivity contribution in [3.8, 4) is 0 Å². The molecule has 0 aromatic carbocycles. The van der Waals surface area contributed by atoms with Crippen molar-refractivity contribution in [3.05, 3.63) is 16.6 Å². The zero-order valence-electron chi connectivity index (χ0n) is 5.51. The normalized spacial score (nSPS) is 6.56. The van der Waals surface area contributed by atoms with Gasteiger partial charge in [-0.2, -0.15) is 0 Å². The largest absolute Gasteiger partial charge is 0.250 e. The van der Waals surface area contributed by atoms with E-state index < -0.39 is 0 Å². The summed E-state index contributed by atoms with van der Waals surface area (Å²) in [7, 11) is 0. The molecule has 9 heavy (non-hydrogen) atoms. The average Bonchev–Trinajstić information content (AvgIpc) is 2.24. The zero-order valence-corrected chi connectivity index (χ0v) is 6.33. The molecule has 0 radical (unpaired) electrons. The van der Waals surface area contributed by atoms with Gasteiger partial charge in [0.1, 0.15) is 0 Å². The molecule has 0 spiro atoms. The summed E-state index contributed by atoms with van der Waals surface area (Å²) >= 11 is 1.67. The molecule has 0 aliphatic heterocycles. The molecular formula is C7H15NS. The molecule has 0 aliphatic carbocycles. The van der Waals surface area contributed by atoms with E-state index in [1.54, 1.807) is 17.5 Å². The third-order valence-electron chi connectivity index (χ3n) is 0.556. The maximum absolute atomic E-state index is 3.94. The van der Waals surface area contributed by atoms with Crippen LogP contribution in [0.4, 0.5) is 0 Å². The Labute approximate surface area is 61.8 Å². The quantitative estimate of drug-likeness (QED) is 0.546. The first kappa shape index (κ1) is 11.4. The maximum atomic E-state index is 3.94. The second-order valence-electron chi connectivity index (χ2n) is 1.05. The Hall–Kier alpha value is -0.370. The predicted molar refractivity (Wildman–Crippen MR) is 44.9 cm³/mol. The van der Waals surface area contributed by atoms with Crippen LogP contribution in [0.15, 0.2) is 11.6 Å². The molecule has 0 aliphatic rings. The van der Waals surface area contributed by atoms with Gasteiger partial charge in [0.05, 0.1) is 5.01 Å². The van der Waals surface area contributed by atoms with E-state index in [2.05, 4.69) is 4.98 Å². The monoisotopic (exact) mass is 145 g/mol. The smallest absolute Gasteiger partial charge is 0.0893 e. The first-order valence-corrected chi connectivity index (χ1v) is 3.63. The average molecular weight is 145 g/mol. The SMILES string of the molecule is C.CC.Cc1nccs1. The Morgan fingerprint density at radius 3 is 2.11 bits per heavy atom. The van der Waals surface area contributed by atoms with Crippen LogP contribution in [-0.4, -0.2) is 4.98 Å². The Kier molecular flexibility index (Phi) is 9.69. The van der Waals surface area contributed by atoms with Crippen LogP contribution < -0.4 is 0 Å². The minimum absolute atomic E-state index is 0. The van der Waals surface area contributed by atoms with Crippen LogP contribution in [0.1, 0.15) is 26.3 Å². The Balaban J connectivity index is 0. The second-order valence-corrected chi connectivity index (χ2v) is 2.15. The van der Waals surface area contributed by atoms with E-state index in [0.717, 1.165) is 5.01 Å². The highest BCUT2D eigenvalue weighted by Crippen LogP contribution is 1.98. The summed E-state index contributed by atoms with van der Waals surface area (Å²) in [4.78, 5) is 3.94. The van der Waals surface area contributed by atoms with Gasteiger partial charge in [-0.15, -0.1) is 11.3 Å². The zero-order chi connectivity index (χ0) is 6.41. The summed E-state index contributed by atoms with van der Waals surface area (Å²) in [6.45, 7) is 5.99. The number of thiazole rings is 1. The van der Waals surface area contributed by atoms with E-state index in [1.807, 2.05) is 26.2 Å². The van der Waals surface area contributed by atoms with Crippen molar-refractivity contribution in [3.63, 3.8) is 0 Å². The van der Waals surface area contributed by atoms with Crippen molar-refractivity contribution in [2.24, 2.45) is 0 Å². The molecule has 1 heterocycles. The molecular weight excluding hydrogens is 130 g/mol. The molecule has 2 heteroatoms. The molecule has 0 N–H and O–H groups in total. The maximum Gasteiger partial charge on any atom is 0.0893 e. The fourth-order valence-electron chi connectivity index (χ4n) is 0.295. The van der Waals surface area contributed by atoms with Gasteiger partial charge in [0.15, 0.2) is 0 Å². The van der Waals surface area contributed by atoms with Crippen LogP contribution in [0.5, 0.6) is 0 Å². The van der Waals surface area contributed by atoms with Gasteiger partial charge in [0, 0.05) is 11.6 Å². The lowest BCUT2D eigenvalue weighted by atomic mass is 10.8. The fraction of sp³-hybridized carbons (Fsp3) is 0.571. The van der Waals surface area contributed by atoms with E-state index in [-0.39, 0.29) is 7.43 Å². The summed E-state index contributed by atoms with van der Waals surface area (Å²) in [6, 6.07) is 0. The number of rotatable bonds is 0. The summed E-state index contributed by atoms with van der Waals surface area (Å²) in [5.41, 5.74) is 0. The third kappa shape index (κ3) is 5.50. The van der Waals surface area contributed by atoms with Gasteiger partial charge in [-0.05, 0) is 6.92 Å². The van der Waals surface area contributed by atoms with E-state index in [4.69, 9.17) is 0 Å². The van der Waals surface area contributed by atoms with Crippen molar-refractivity contribution < 1.29 is 0 Å². The van der Waals surface area contributed by atoms with E-state index in [1.165, 1.54) is 0 Å². The third-order valence-corrected chi connectivity index (χ3v) is 1.26. The molecule has 1 rings (SSSR count). The molecule has 0 fully saturated rings. The molecule has 1 aromatic rings. The molecule has 0 unspecified atom stereocenters. The van der Waals surface area contributed by atoms with Crippen LogP contribution in [0.3, 0.4) is 0 Å². The molecule has 0 saturated heterocycles. The summed E-state index contributed by atoms with van der Waals surface area (Å²) < 4.78 is 0. The van der Waals surface area contributed by atoms with Gasteiger partial charge in [0.2, 0.25) is 0 Å². The van der Waals surface area contributed by atoms with Gasteiger partial charge >= 0.3 is 0 Å². The van der Waals surface area contributed by atoms with Crippen LogP contribution in [0.2, 0.25) is 0 Å². The molecule has 1 aromatic heterocycles. The van der Waals surface area contributed by atoms with Crippen LogP contribution in [-0.2, 0) is 0 Å². The van der Waals surface area contributed by atoms with Crippen LogP contribution in [0.25, 0.3) is 0 Å². The van der Waals surface area contributed by atoms with Crippen molar-refractivity contribution in [1.29, 1.82) is 0 Å². The van der Waals surface area contributed by atoms with Gasteiger partial charge in [-0.3, -0.25) is 4.98 Å². The number of nitrogens with zero attached hydrogens (tertiary/aromatic N) is 1. The van der Waals surface area contributed by atoms with Gasteiger partial charge < -0.3 is 0 Å². The minimum Gasteiger partial charge on any atom is -0.250 e. The highest BCUT2D eigenvalue weighted by molar-refractivity contribution is 7.09. The first-order chi connectivity index (χ1) is 3.89. The highest BCUT2D eigenvalue weighted by Gasteiger charge is 1.76. The summed E-state index contributed by atoms with van der Waals surface area (Å²) in [5, 5.41) is 3.10. The minimum atomic E-state index is 0. The predicted octanol–water partition coefficient (Wildman–Crippen LogP) is 3.11. The lowest BCUT2D eigenvalue weighted by Crippen LogP contribution is -1.56. The van der Waals surface area contributed by atoms with Crippen LogP contribution in [0, 0.1) is 6.92 Å². The van der Waals surface area contributed by atoms with E-state index >= 15 is 0 Å². The van der Waals surface area contributed by atoms with Gasteiger partial charge in [0.25, 0.3) is 0 Å². The first-order valence-electron chi connectivity index (χ1n) is 2.75. The Bertz CT molecular complexity index is 112. The van der Waals surface area contributed by atoms with Crippen molar-refractivity contribution >= 4 is 11.3 Å². The summed E-state index contributed by atoms with van der Waals surface area (Å²) in [6.07, 6.45) is 1.81. The Morgan fingerprint density at radius 1 is 1.44 bits per heavy atom. The van der Waals surface area contributed by atoms with Crippen LogP contribution >= 0.6 is 11.3 Å². The number of aryl methyl sites for hydroxylation is 1. The van der Waals surface area contributed by atoms with Gasteiger partial charge in [-0.1, -0.05) is 21.3 Å². The van der Waals surface area contributed by atoms with Gasteiger partial charge in [-0.25, -0.2) is 0 Å². The van der Waals surface area contributed by atoms with Crippen molar-refractivity contribution in [2.75, 3.05) is 0 Å². The molecule has 54 valence electrons. The Morgan fingerprint density at radius 2 is 2.00 bits per heavy atom. The lowest BCUT2D eigenvalue weighted by molar-refractivity contribution is 1.30. The number of hydrogen-bond donors (Lipinski definition) is 0. The fourth-order valence-corrected chi connectivity index (χ4v) is 0.735. The molecule has 1 nitrogen and oxygen atoms in total. The number of hydrogen-bond acceptors (Lipinski definition) is 2. The molecule has 0 bridgehead atoms.